The highest BCUT2D eigenvalue weighted by Gasteiger charge is 2.33. The van der Waals surface area contributed by atoms with Gasteiger partial charge in [0.05, 0.1) is 39.6 Å². The maximum Gasteiger partial charge on any atom is 0.0701 e. The Balaban J connectivity index is 1.83. The summed E-state index contributed by atoms with van der Waals surface area (Å²) in [6.45, 7) is 7.68. The zero-order valence-corrected chi connectivity index (χ0v) is 12.8. The standard InChI is InChI=1S/C15H30O5/c1-2-3-6-17-9-11-19-12-10-18-7-4-15(13-16)5-8-20-14-15/h16H,2-14H2,1H3. The van der Waals surface area contributed by atoms with Gasteiger partial charge >= 0.3 is 0 Å². The minimum absolute atomic E-state index is 0.0754. The first kappa shape index (κ1) is 17.9. The van der Waals surface area contributed by atoms with Crippen LogP contribution in [0.3, 0.4) is 0 Å². The van der Waals surface area contributed by atoms with Crippen molar-refractivity contribution < 1.29 is 24.1 Å². The molecule has 5 heteroatoms. The molecule has 0 aromatic heterocycles. The van der Waals surface area contributed by atoms with E-state index >= 15 is 0 Å². The van der Waals surface area contributed by atoms with Gasteiger partial charge in [-0.05, 0) is 19.3 Å². The van der Waals surface area contributed by atoms with E-state index in [2.05, 4.69) is 6.92 Å². The van der Waals surface area contributed by atoms with Crippen molar-refractivity contribution in [2.45, 2.75) is 32.6 Å². The molecule has 1 fully saturated rings. The van der Waals surface area contributed by atoms with E-state index < -0.39 is 0 Å². The van der Waals surface area contributed by atoms with Crippen molar-refractivity contribution in [3.8, 4) is 0 Å². The Morgan fingerprint density at radius 2 is 1.65 bits per heavy atom. The lowest BCUT2D eigenvalue weighted by atomic mass is 9.85. The van der Waals surface area contributed by atoms with Crippen LogP contribution in [0.15, 0.2) is 0 Å². The summed E-state index contributed by atoms with van der Waals surface area (Å²) in [5, 5.41) is 9.40. The Morgan fingerprint density at radius 1 is 1.00 bits per heavy atom. The summed E-state index contributed by atoms with van der Waals surface area (Å²) in [6, 6.07) is 0. The van der Waals surface area contributed by atoms with Crippen LogP contribution >= 0.6 is 0 Å². The second kappa shape index (κ2) is 11.5. The molecule has 0 aromatic carbocycles. The van der Waals surface area contributed by atoms with Gasteiger partial charge in [-0.1, -0.05) is 13.3 Å². The molecule has 1 atom stereocenters. The number of ether oxygens (including phenoxy) is 4. The third kappa shape index (κ3) is 7.55. The van der Waals surface area contributed by atoms with Crippen molar-refractivity contribution >= 4 is 0 Å². The van der Waals surface area contributed by atoms with Gasteiger partial charge in [-0.3, -0.25) is 0 Å². The van der Waals surface area contributed by atoms with E-state index in [1.54, 1.807) is 0 Å². The zero-order valence-electron chi connectivity index (χ0n) is 12.8. The molecule has 0 bridgehead atoms. The molecule has 0 saturated carbocycles. The molecule has 0 aliphatic carbocycles. The largest absolute Gasteiger partial charge is 0.396 e. The summed E-state index contributed by atoms with van der Waals surface area (Å²) in [7, 11) is 0. The van der Waals surface area contributed by atoms with E-state index in [1.165, 1.54) is 0 Å². The normalized spacial score (nSPS) is 22.5. The maximum atomic E-state index is 9.40. The highest BCUT2D eigenvalue weighted by molar-refractivity contribution is 4.82. The van der Waals surface area contributed by atoms with Gasteiger partial charge in [0.1, 0.15) is 0 Å². The first-order valence-corrected chi connectivity index (χ1v) is 7.75. The Labute approximate surface area is 122 Å². The molecule has 1 aliphatic heterocycles. The number of rotatable bonds is 13. The van der Waals surface area contributed by atoms with Crippen LogP contribution in [0.5, 0.6) is 0 Å². The van der Waals surface area contributed by atoms with E-state index in [9.17, 15) is 5.11 Å². The molecule has 1 rings (SSSR count). The van der Waals surface area contributed by atoms with Crippen molar-refractivity contribution in [2.24, 2.45) is 5.41 Å². The van der Waals surface area contributed by atoms with Crippen LogP contribution in [0.2, 0.25) is 0 Å². The number of aliphatic hydroxyl groups is 1. The SMILES string of the molecule is CCCCOCCOCCOCCC1(CO)CCOC1. The van der Waals surface area contributed by atoms with E-state index in [4.69, 9.17) is 18.9 Å². The number of aliphatic hydroxyl groups excluding tert-OH is 1. The van der Waals surface area contributed by atoms with Gasteiger partial charge in [0.2, 0.25) is 0 Å². The smallest absolute Gasteiger partial charge is 0.0701 e. The minimum atomic E-state index is -0.0754. The van der Waals surface area contributed by atoms with E-state index in [0.29, 0.717) is 39.6 Å². The zero-order chi connectivity index (χ0) is 14.5. The molecular formula is C15H30O5. The van der Waals surface area contributed by atoms with Gasteiger partial charge in [-0.2, -0.15) is 0 Å². The van der Waals surface area contributed by atoms with Crippen LogP contribution in [0.4, 0.5) is 0 Å². The summed E-state index contributed by atoms with van der Waals surface area (Å²) in [5.41, 5.74) is -0.0754. The van der Waals surface area contributed by atoms with Gasteiger partial charge in [-0.15, -0.1) is 0 Å². The third-order valence-corrected chi connectivity index (χ3v) is 3.68. The minimum Gasteiger partial charge on any atom is -0.396 e. The number of unbranched alkanes of at least 4 members (excludes halogenated alkanes) is 1. The lowest BCUT2D eigenvalue weighted by molar-refractivity contribution is 0.00118. The maximum absolute atomic E-state index is 9.40. The van der Waals surface area contributed by atoms with Gasteiger partial charge in [0.25, 0.3) is 0 Å². The van der Waals surface area contributed by atoms with Crippen molar-refractivity contribution in [3.05, 3.63) is 0 Å². The topological polar surface area (TPSA) is 57.2 Å². The summed E-state index contributed by atoms with van der Waals surface area (Å²) in [4.78, 5) is 0. The summed E-state index contributed by atoms with van der Waals surface area (Å²) in [5.74, 6) is 0. The van der Waals surface area contributed by atoms with Crippen LogP contribution < -0.4 is 0 Å². The molecule has 1 unspecified atom stereocenters. The van der Waals surface area contributed by atoms with Crippen LogP contribution in [0.25, 0.3) is 0 Å². The van der Waals surface area contributed by atoms with Gasteiger partial charge in [-0.25, -0.2) is 0 Å². The molecule has 0 aromatic rings. The van der Waals surface area contributed by atoms with Crippen LogP contribution in [-0.2, 0) is 18.9 Å². The third-order valence-electron chi connectivity index (χ3n) is 3.68. The molecule has 1 saturated heterocycles. The van der Waals surface area contributed by atoms with E-state index in [1.807, 2.05) is 0 Å². The van der Waals surface area contributed by atoms with Crippen molar-refractivity contribution in [2.75, 3.05) is 59.5 Å². The molecular weight excluding hydrogens is 260 g/mol. The average molecular weight is 290 g/mol. The highest BCUT2D eigenvalue weighted by atomic mass is 16.5. The molecule has 5 nitrogen and oxygen atoms in total. The summed E-state index contributed by atoms with van der Waals surface area (Å²) >= 11 is 0. The lowest BCUT2D eigenvalue weighted by Crippen LogP contribution is -2.27. The Hall–Kier alpha value is -0.200. The average Bonchev–Trinajstić information content (AvgIpc) is 2.94. The summed E-state index contributed by atoms with van der Waals surface area (Å²) in [6.07, 6.45) is 4.05. The van der Waals surface area contributed by atoms with Gasteiger partial charge < -0.3 is 24.1 Å². The van der Waals surface area contributed by atoms with Crippen molar-refractivity contribution in [1.82, 2.24) is 0 Å². The van der Waals surface area contributed by atoms with Crippen molar-refractivity contribution in [3.63, 3.8) is 0 Å². The highest BCUT2D eigenvalue weighted by Crippen LogP contribution is 2.31. The Bertz CT molecular complexity index is 216. The molecule has 0 radical (unpaired) electrons. The van der Waals surface area contributed by atoms with E-state index in [-0.39, 0.29) is 12.0 Å². The fourth-order valence-corrected chi connectivity index (χ4v) is 2.13. The second-order valence-electron chi connectivity index (χ2n) is 5.40. The Morgan fingerprint density at radius 3 is 2.20 bits per heavy atom. The number of hydrogen-bond acceptors (Lipinski definition) is 5. The number of hydrogen-bond donors (Lipinski definition) is 1. The molecule has 0 amide bonds. The van der Waals surface area contributed by atoms with E-state index in [0.717, 1.165) is 38.9 Å². The monoisotopic (exact) mass is 290 g/mol. The first-order chi connectivity index (χ1) is 9.83. The Kier molecular flexibility index (Phi) is 10.2. The fraction of sp³-hybridized carbons (Fsp3) is 1.00. The van der Waals surface area contributed by atoms with Crippen LogP contribution in [0, 0.1) is 5.41 Å². The molecule has 0 spiro atoms. The predicted molar refractivity (Wildman–Crippen MR) is 76.9 cm³/mol. The molecule has 20 heavy (non-hydrogen) atoms. The predicted octanol–water partition coefficient (Wildman–Crippen LogP) is 1.63. The molecule has 120 valence electrons. The van der Waals surface area contributed by atoms with Gasteiger partial charge in [0.15, 0.2) is 0 Å². The van der Waals surface area contributed by atoms with Crippen LogP contribution in [-0.4, -0.2) is 64.6 Å². The fourth-order valence-electron chi connectivity index (χ4n) is 2.13. The lowest BCUT2D eigenvalue weighted by Gasteiger charge is -2.24. The van der Waals surface area contributed by atoms with Gasteiger partial charge in [0, 0.05) is 25.2 Å². The quantitative estimate of drug-likeness (QED) is 0.522. The molecule has 1 N–H and O–H groups in total. The second-order valence-corrected chi connectivity index (χ2v) is 5.40. The first-order valence-electron chi connectivity index (χ1n) is 7.75. The molecule has 1 aliphatic rings. The molecule has 1 heterocycles. The summed E-state index contributed by atoms with van der Waals surface area (Å²) < 4.78 is 21.7. The van der Waals surface area contributed by atoms with Crippen LogP contribution in [0.1, 0.15) is 32.6 Å². The van der Waals surface area contributed by atoms with Crippen molar-refractivity contribution in [1.29, 1.82) is 0 Å².